The van der Waals surface area contributed by atoms with Gasteiger partial charge in [0.25, 0.3) is 0 Å². The van der Waals surface area contributed by atoms with Crippen LogP contribution in [0.5, 0.6) is 0 Å². The second kappa shape index (κ2) is 13.0. The van der Waals surface area contributed by atoms with Gasteiger partial charge in [-0.1, -0.05) is 32.0 Å². The number of aryl methyl sites for hydroxylation is 1. The lowest BCUT2D eigenvalue weighted by molar-refractivity contribution is -0.137. The summed E-state index contributed by atoms with van der Waals surface area (Å²) in [5.41, 5.74) is 4.53. The van der Waals surface area contributed by atoms with Crippen molar-refractivity contribution in [3.8, 4) is 0 Å². The van der Waals surface area contributed by atoms with Gasteiger partial charge in [-0.15, -0.1) is 0 Å². The van der Waals surface area contributed by atoms with Gasteiger partial charge in [-0.2, -0.15) is 16.9 Å². The Labute approximate surface area is 211 Å². The van der Waals surface area contributed by atoms with Gasteiger partial charge in [0.2, 0.25) is 0 Å². The van der Waals surface area contributed by atoms with E-state index in [1.807, 2.05) is 18.7 Å². The number of ether oxygens (including phenoxy) is 2. The maximum atomic E-state index is 12.2. The number of nitrogens with zero attached hydrogens (tertiary/aromatic N) is 3. The first kappa shape index (κ1) is 28.0. The fourth-order valence-electron chi connectivity index (χ4n) is 3.94. The van der Waals surface area contributed by atoms with E-state index >= 15 is 0 Å². The van der Waals surface area contributed by atoms with Crippen LogP contribution in [0.2, 0.25) is 0 Å². The Morgan fingerprint density at radius 2 is 2.15 bits per heavy atom. The SMILES string of the molecule is C=C(C(=O)OC)N(C)/C(CC)=C(/C(Cl)=C\OC(C)=O)c1c(CSC(C)CNC)nn2c1CCC2. The van der Waals surface area contributed by atoms with Gasteiger partial charge in [-0.25, -0.2) is 4.79 Å². The highest BCUT2D eigenvalue weighted by Crippen LogP contribution is 2.40. The highest BCUT2D eigenvalue weighted by molar-refractivity contribution is 7.99. The molecule has 1 aliphatic heterocycles. The molecule has 188 valence electrons. The third kappa shape index (κ3) is 6.67. The number of thioether (sulfide) groups is 1. The summed E-state index contributed by atoms with van der Waals surface area (Å²) in [6.07, 6.45) is 3.64. The first-order valence-electron chi connectivity index (χ1n) is 11.3. The van der Waals surface area contributed by atoms with E-state index in [9.17, 15) is 9.59 Å². The minimum absolute atomic E-state index is 0.177. The average Bonchev–Trinajstić information content (AvgIpc) is 3.39. The molecule has 1 N–H and O–H groups in total. The third-order valence-electron chi connectivity index (χ3n) is 5.58. The van der Waals surface area contributed by atoms with Gasteiger partial charge >= 0.3 is 11.9 Å². The number of methoxy groups -OCH3 is 1. The number of hydrogen-bond acceptors (Lipinski definition) is 8. The number of fused-ring (bicyclic) bond motifs is 1. The van der Waals surface area contributed by atoms with E-state index in [0.717, 1.165) is 48.6 Å². The molecule has 0 radical (unpaired) electrons. The van der Waals surface area contributed by atoms with Crippen LogP contribution in [0.4, 0.5) is 0 Å². The van der Waals surface area contributed by atoms with E-state index in [2.05, 4.69) is 18.8 Å². The molecule has 0 aliphatic carbocycles. The first-order chi connectivity index (χ1) is 16.2. The zero-order chi connectivity index (χ0) is 25.4. The molecule has 34 heavy (non-hydrogen) atoms. The van der Waals surface area contributed by atoms with Crippen molar-refractivity contribution in [2.24, 2.45) is 0 Å². The Bertz CT molecular complexity index is 986. The van der Waals surface area contributed by atoms with Crippen LogP contribution in [0.25, 0.3) is 5.57 Å². The lowest BCUT2D eigenvalue weighted by atomic mass is 9.97. The van der Waals surface area contributed by atoms with Crippen molar-refractivity contribution in [1.29, 1.82) is 0 Å². The van der Waals surface area contributed by atoms with E-state index < -0.39 is 11.9 Å². The smallest absolute Gasteiger partial charge is 0.354 e. The Morgan fingerprint density at radius 3 is 2.74 bits per heavy atom. The third-order valence-corrected chi connectivity index (χ3v) is 7.04. The topological polar surface area (TPSA) is 85.7 Å². The van der Waals surface area contributed by atoms with Gasteiger partial charge in [-0.05, 0) is 26.3 Å². The lowest BCUT2D eigenvalue weighted by Crippen LogP contribution is -2.24. The predicted molar refractivity (Wildman–Crippen MR) is 137 cm³/mol. The van der Waals surface area contributed by atoms with Crippen LogP contribution in [0.1, 0.15) is 50.6 Å². The van der Waals surface area contributed by atoms with E-state index in [0.29, 0.717) is 23.0 Å². The molecule has 1 aliphatic rings. The highest BCUT2D eigenvalue weighted by Gasteiger charge is 2.30. The van der Waals surface area contributed by atoms with E-state index in [4.69, 9.17) is 26.2 Å². The van der Waals surface area contributed by atoms with Crippen LogP contribution >= 0.6 is 23.4 Å². The molecule has 10 heteroatoms. The number of aromatic nitrogens is 2. The molecule has 1 unspecified atom stereocenters. The lowest BCUT2D eigenvalue weighted by Gasteiger charge is -2.26. The van der Waals surface area contributed by atoms with Gasteiger partial charge in [0.1, 0.15) is 12.0 Å². The average molecular weight is 511 g/mol. The maximum absolute atomic E-state index is 12.2. The van der Waals surface area contributed by atoms with Gasteiger partial charge in [-0.3, -0.25) is 9.48 Å². The largest absolute Gasteiger partial charge is 0.464 e. The molecule has 2 heterocycles. The molecule has 0 aromatic carbocycles. The summed E-state index contributed by atoms with van der Waals surface area (Å²) in [6, 6.07) is 0. The molecule has 0 fully saturated rings. The van der Waals surface area contributed by atoms with E-state index in [1.165, 1.54) is 20.3 Å². The van der Waals surface area contributed by atoms with Gasteiger partial charge in [0.15, 0.2) is 0 Å². The number of rotatable bonds is 12. The van der Waals surface area contributed by atoms with Crippen LogP contribution in [0.15, 0.2) is 29.3 Å². The van der Waals surface area contributed by atoms with Crippen LogP contribution in [0, 0.1) is 0 Å². The number of carbonyl (C=O) groups is 2. The zero-order valence-electron chi connectivity index (χ0n) is 20.9. The second-order valence-corrected chi connectivity index (χ2v) is 9.86. The molecule has 0 spiro atoms. The summed E-state index contributed by atoms with van der Waals surface area (Å²) in [4.78, 5) is 25.4. The van der Waals surface area contributed by atoms with Crippen molar-refractivity contribution in [2.45, 2.75) is 57.6 Å². The quantitative estimate of drug-likeness (QED) is 0.195. The van der Waals surface area contributed by atoms with Crippen molar-refractivity contribution in [1.82, 2.24) is 20.0 Å². The van der Waals surface area contributed by atoms with E-state index in [1.54, 1.807) is 23.7 Å². The number of hydrogen-bond donors (Lipinski definition) is 1. The summed E-state index contributed by atoms with van der Waals surface area (Å²) in [5, 5.41) is 8.76. The summed E-state index contributed by atoms with van der Waals surface area (Å²) in [7, 11) is 5.00. The van der Waals surface area contributed by atoms with Crippen LogP contribution in [-0.2, 0) is 37.8 Å². The summed E-state index contributed by atoms with van der Waals surface area (Å²) < 4.78 is 12.0. The van der Waals surface area contributed by atoms with Crippen LogP contribution in [-0.4, -0.2) is 59.6 Å². The molecule has 0 amide bonds. The zero-order valence-corrected chi connectivity index (χ0v) is 22.4. The number of carbonyl (C=O) groups excluding carboxylic acids is 2. The van der Waals surface area contributed by atoms with Crippen LogP contribution in [0.3, 0.4) is 0 Å². The molecule has 1 aromatic heterocycles. The minimum Gasteiger partial charge on any atom is -0.464 e. The normalized spacial score (nSPS) is 14.9. The molecular formula is C24H35ClN4O4S. The Balaban J connectivity index is 2.71. The second-order valence-electron chi connectivity index (χ2n) is 8.02. The minimum atomic E-state index is -0.537. The number of likely N-dealkylation sites (N-methyl/N-ethyl adjacent to an activating group) is 1. The number of allylic oxidation sites excluding steroid dienone is 3. The van der Waals surface area contributed by atoms with Crippen molar-refractivity contribution in [3.63, 3.8) is 0 Å². The molecule has 0 saturated carbocycles. The molecule has 2 rings (SSSR count). The maximum Gasteiger partial charge on any atom is 0.354 e. The Hall–Kier alpha value is -2.23. The van der Waals surface area contributed by atoms with Gasteiger partial charge < -0.3 is 19.7 Å². The molecule has 0 saturated heterocycles. The standard InChI is InChI=1S/C24H35ClN4O4S/c1-8-20(28(6)16(3)24(31)32-7)22(18(25)13-33-17(4)30)23-19(14-34-15(2)12-26-5)27-29-11-9-10-21(23)29/h13,15,26H,3,8-12,14H2,1-2,4-7H3/b18-13+,22-20-. The molecule has 1 aromatic rings. The fraction of sp³-hybridized carbons (Fsp3) is 0.542. The van der Waals surface area contributed by atoms with Crippen molar-refractivity contribution in [2.75, 3.05) is 27.7 Å². The monoisotopic (exact) mass is 510 g/mol. The summed E-state index contributed by atoms with van der Waals surface area (Å²) in [5.74, 6) is -0.317. The number of nitrogens with one attached hydrogen (secondary N) is 1. The van der Waals surface area contributed by atoms with E-state index in [-0.39, 0.29) is 10.7 Å². The molecule has 1 atom stereocenters. The Morgan fingerprint density at radius 1 is 1.44 bits per heavy atom. The Kier molecular flexibility index (Phi) is 10.7. The van der Waals surface area contributed by atoms with Crippen LogP contribution < -0.4 is 5.32 Å². The predicted octanol–water partition coefficient (Wildman–Crippen LogP) is 4.05. The van der Waals surface area contributed by atoms with Crippen molar-refractivity contribution >= 4 is 40.9 Å². The van der Waals surface area contributed by atoms with Gasteiger partial charge in [0, 0.05) is 60.6 Å². The highest BCUT2D eigenvalue weighted by atomic mass is 35.5. The summed E-state index contributed by atoms with van der Waals surface area (Å²) >= 11 is 8.60. The first-order valence-corrected chi connectivity index (χ1v) is 12.7. The summed E-state index contributed by atoms with van der Waals surface area (Å²) in [6.45, 7) is 11.1. The van der Waals surface area contributed by atoms with Crippen molar-refractivity contribution < 1.29 is 19.1 Å². The number of esters is 2. The molecule has 0 bridgehead atoms. The van der Waals surface area contributed by atoms with Crippen molar-refractivity contribution in [3.05, 3.63) is 46.2 Å². The molecule has 8 nitrogen and oxygen atoms in total. The number of halogens is 1. The fourth-order valence-corrected chi connectivity index (χ4v) is 5.12. The molecular weight excluding hydrogens is 476 g/mol. The van der Waals surface area contributed by atoms with Gasteiger partial charge in [0.05, 0.1) is 17.8 Å².